The molecule has 0 unspecified atom stereocenters. The molecule has 1 amide bonds. The van der Waals surface area contributed by atoms with Gasteiger partial charge in [-0.2, -0.15) is 11.8 Å². The second-order valence-electron chi connectivity index (χ2n) is 6.40. The van der Waals surface area contributed by atoms with E-state index in [0.717, 1.165) is 43.2 Å². The van der Waals surface area contributed by atoms with E-state index in [4.69, 9.17) is 0 Å². The van der Waals surface area contributed by atoms with Crippen LogP contribution in [0.4, 0.5) is 5.69 Å². The fraction of sp³-hybridized carbons (Fsp3) is 0.381. The van der Waals surface area contributed by atoms with Crippen molar-refractivity contribution in [3.05, 3.63) is 65.2 Å². The first-order chi connectivity index (χ1) is 12.2. The zero-order chi connectivity index (χ0) is 17.6. The molecule has 1 aliphatic heterocycles. The number of thioether (sulfide) groups is 1. The molecule has 1 aliphatic rings. The highest BCUT2D eigenvalue weighted by molar-refractivity contribution is 7.98. The standard InChI is InChI=1S/C21H26N2OS/c1-3-25-16-18-8-10-19(11-9-18)21(24)23-14-12-22(13-15-23)20-7-5-4-6-17(20)2/h4-11H,3,12-16H2,1-2H3. The Bertz CT molecular complexity index is 706. The highest BCUT2D eigenvalue weighted by atomic mass is 32.2. The van der Waals surface area contributed by atoms with Gasteiger partial charge in [0.15, 0.2) is 0 Å². The smallest absolute Gasteiger partial charge is 0.253 e. The molecule has 2 aromatic carbocycles. The van der Waals surface area contributed by atoms with Gasteiger partial charge in [-0.15, -0.1) is 0 Å². The van der Waals surface area contributed by atoms with Crippen LogP contribution in [0.3, 0.4) is 0 Å². The molecule has 0 spiro atoms. The molecule has 0 bridgehead atoms. The Labute approximate surface area is 155 Å². The Kier molecular flexibility index (Phi) is 6.03. The Morgan fingerprint density at radius 3 is 2.32 bits per heavy atom. The Balaban J connectivity index is 1.59. The van der Waals surface area contributed by atoms with Gasteiger partial charge in [0.05, 0.1) is 0 Å². The van der Waals surface area contributed by atoms with Crippen LogP contribution in [-0.4, -0.2) is 42.7 Å². The molecule has 0 atom stereocenters. The minimum absolute atomic E-state index is 0.152. The zero-order valence-corrected chi connectivity index (χ0v) is 15.9. The number of benzene rings is 2. The van der Waals surface area contributed by atoms with Crippen LogP contribution in [0.1, 0.15) is 28.4 Å². The number of hydrogen-bond donors (Lipinski definition) is 0. The Morgan fingerprint density at radius 2 is 1.68 bits per heavy atom. The van der Waals surface area contributed by atoms with Crippen molar-refractivity contribution in [1.29, 1.82) is 0 Å². The second kappa shape index (κ2) is 8.43. The number of carbonyl (C=O) groups is 1. The summed E-state index contributed by atoms with van der Waals surface area (Å²) in [5.74, 6) is 2.28. The van der Waals surface area contributed by atoms with E-state index in [-0.39, 0.29) is 5.91 Å². The van der Waals surface area contributed by atoms with Crippen LogP contribution in [0.15, 0.2) is 48.5 Å². The first-order valence-corrected chi connectivity index (χ1v) is 10.1. The van der Waals surface area contributed by atoms with Gasteiger partial charge in [0.2, 0.25) is 0 Å². The van der Waals surface area contributed by atoms with E-state index in [1.54, 1.807) is 0 Å². The van der Waals surface area contributed by atoms with Gasteiger partial charge in [-0.05, 0) is 42.0 Å². The van der Waals surface area contributed by atoms with Gasteiger partial charge >= 0.3 is 0 Å². The highest BCUT2D eigenvalue weighted by Crippen LogP contribution is 2.21. The summed E-state index contributed by atoms with van der Waals surface area (Å²) in [7, 11) is 0. The SMILES string of the molecule is CCSCc1ccc(C(=O)N2CCN(c3ccccc3C)CC2)cc1. The fourth-order valence-corrected chi connectivity index (χ4v) is 3.85. The molecule has 3 nitrogen and oxygen atoms in total. The molecule has 132 valence electrons. The van der Waals surface area contributed by atoms with E-state index in [2.05, 4.69) is 55.1 Å². The van der Waals surface area contributed by atoms with Crippen molar-refractivity contribution >= 4 is 23.4 Å². The summed E-state index contributed by atoms with van der Waals surface area (Å²) in [6, 6.07) is 16.6. The summed E-state index contributed by atoms with van der Waals surface area (Å²) in [6.07, 6.45) is 0. The number of piperazine rings is 1. The maximum atomic E-state index is 12.7. The highest BCUT2D eigenvalue weighted by Gasteiger charge is 2.22. The van der Waals surface area contributed by atoms with Crippen LogP contribution in [-0.2, 0) is 5.75 Å². The van der Waals surface area contributed by atoms with Gasteiger partial charge in [0.25, 0.3) is 5.91 Å². The van der Waals surface area contributed by atoms with Crippen LogP contribution in [0.2, 0.25) is 0 Å². The van der Waals surface area contributed by atoms with Gasteiger partial charge in [-0.1, -0.05) is 37.3 Å². The number of nitrogens with zero attached hydrogens (tertiary/aromatic N) is 2. The molecule has 0 N–H and O–H groups in total. The van der Waals surface area contributed by atoms with E-state index in [9.17, 15) is 4.79 Å². The van der Waals surface area contributed by atoms with E-state index in [1.807, 2.05) is 28.8 Å². The number of rotatable bonds is 5. The molecule has 4 heteroatoms. The number of carbonyl (C=O) groups excluding carboxylic acids is 1. The van der Waals surface area contributed by atoms with Crippen molar-refractivity contribution in [3.63, 3.8) is 0 Å². The molecular weight excluding hydrogens is 328 g/mol. The molecule has 1 saturated heterocycles. The molecule has 0 radical (unpaired) electrons. The van der Waals surface area contributed by atoms with E-state index in [1.165, 1.54) is 16.8 Å². The lowest BCUT2D eigenvalue weighted by molar-refractivity contribution is 0.0747. The minimum Gasteiger partial charge on any atom is -0.368 e. The average molecular weight is 355 g/mol. The summed E-state index contributed by atoms with van der Waals surface area (Å²) >= 11 is 1.90. The quantitative estimate of drug-likeness (QED) is 0.803. The van der Waals surface area contributed by atoms with Gasteiger partial charge in [-0.3, -0.25) is 4.79 Å². The fourth-order valence-electron chi connectivity index (χ4n) is 3.21. The zero-order valence-electron chi connectivity index (χ0n) is 15.1. The molecule has 1 heterocycles. The van der Waals surface area contributed by atoms with Gasteiger partial charge in [0, 0.05) is 43.2 Å². The largest absolute Gasteiger partial charge is 0.368 e. The summed E-state index contributed by atoms with van der Waals surface area (Å²) in [5, 5.41) is 0. The lowest BCUT2D eigenvalue weighted by Gasteiger charge is -2.36. The third-order valence-electron chi connectivity index (χ3n) is 4.70. The van der Waals surface area contributed by atoms with E-state index >= 15 is 0 Å². The van der Waals surface area contributed by atoms with Crippen molar-refractivity contribution in [3.8, 4) is 0 Å². The lowest BCUT2D eigenvalue weighted by atomic mass is 10.1. The molecule has 0 aliphatic carbocycles. The molecule has 3 rings (SSSR count). The molecule has 1 fully saturated rings. The number of aryl methyl sites for hydroxylation is 1. The van der Waals surface area contributed by atoms with Crippen LogP contribution < -0.4 is 4.90 Å². The van der Waals surface area contributed by atoms with Crippen LogP contribution >= 0.6 is 11.8 Å². The number of anilines is 1. The molecule has 25 heavy (non-hydrogen) atoms. The second-order valence-corrected chi connectivity index (χ2v) is 7.67. The monoisotopic (exact) mass is 354 g/mol. The summed E-state index contributed by atoms with van der Waals surface area (Å²) in [5.41, 5.74) is 4.66. The molecular formula is C21H26N2OS. The van der Waals surface area contributed by atoms with Crippen molar-refractivity contribution in [2.75, 3.05) is 36.8 Å². The van der Waals surface area contributed by atoms with Crippen molar-refractivity contribution in [1.82, 2.24) is 4.90 Å². The Hall–Kier alpha value is -1.94. The third kappa shape index (κ3) is 4.37. The van der Waals surface area contributed by atoms with E-state index in [0.29, 0.717) is 0 Å². The van der Waals surface area contributed by atoms with Crippen LogP contribution in [0.25, 0.3) is 0 Å². The van der Waals surface area contributed by atoms with Crippen LogP contribution in [0.5, 0.6) is 0 Å². The van der Waals surface area contributed by atoms with E-state index < -0.39 is 0 Å². The number of hydrogen-bond acceptors (Lipinski definition) is 3. The van der Waals surface area contributed by atoms with Crippen molar-refractivity contribution < 1.29 is 4.79 Å². The van der Waals surface area contributed by atoms with Gasteiger partial charge in [0.1, 0.15) is 0 Å². The van der Waals surface area contributed by atoms with Gasteiger partial charge < -0.3 is 9.80 Å². The Morgan fingerprint density at radius 1 is 1.00 bits per heavy atom. The maximum absolute atomic E-state index is 12.7. The molecule has 0 aromatic heterocycles. The normalized spacial score (nSPS) is 14.6. The first kappa shape index (κ1) is 17.9. The van der Waals surface area contributed by atoms with Crippen molar-refractivity contribution in [2.45, 2.75) is 19.6 Å². The summed E-state index contributed by atoms with van der Waals surface area (Å²) in [6.45, 7) is 7.65. The topological polar surface area (TPSA) is 23.6 Å². The third-order valence-corrected chi connectivity index (χ3v) is 5.64. The van der Waals surface area contributed by atoms with Crippen molar-refractivity contribution in [2.24, 2.45) is 0 Å². The molecule has 0 saturated carbocycles. The van der Waals surface area contributed by atoms with Gasteiger partial charge in [-0.25, -0.2) is 0 Å². The summed E-state index contributed by atoms with van der Waals surface area (Å²) in [4.78, 5) is 17.1. The number of amides is 1. The predicted molar refractivity (Wildman–Crippen MR) is 108 cm³/mol. The van der Waals surface area contributed by atoms with Crippen LogP contribution in [0, 0.1) is 6.92 Å². The summed E-state index contributed by atoms with van der Waals surface area (Å²) < 4.78 is 0. The maximum Gasteiger partial charge on any atom is 0.253 e. The lowest BCUT2D eigenvalue weighted by Crippen LogP contribution is -2.49. The average Bonchev–Trinajstić information content (AvgIpc) is 2.67. The number of para-hydroxylation sites is 1. The first-order valence-electron chi connectivity index (χ1n) is 8.95. The minimum atomic E-state index is 0.152. The predicted octanol–water partition coefficient (Wildman–Crippen LogP) is 4.21. The molecule has 2 aromatic rings.